The second-order valence-corrected chi connectivity index (χ2v) is 9.41. The fourth-order valence-corrected chi connectivity index (χ4v) is 3.92. The third kappa shape index (κ3) is 9.55. The number of thioether (sulfide) groups is 1. The van der Waals surface area contributed by atoms with Gasteiger partial charge in [-0.1, -0.05) is 30.3 Å². The van der Waals surface area contributed by atoms with Crippen LogP contribution in [0.1, 0.15) is 17.7 Å². The summed E-state index contributed by atoms with van der Waals surface area (Å²) in [5.74, 6) is -2.37. The zero-order chi connectivity index (χ0) is 26.5. The maximum absolute atomic E-state index is 13.2. The number of carbonyl (C=O) groups excluding carboxylic acids is 3. The molecule has 4 atom stereocenters. The number of rotatable bonds is 15. The number of nitrogens with two attached hydrogens (primary N) is 1. The van der Waals surface area contributed by atoms with Gasteiger partial charge in [0.15, 0.2) is 0 Å². The van der Waals surface area contributed by atoms with Gasteiger partial charge in [0.25, 0.3) is 0 Å². The summed E-state index contributed by atoms with van der Waals surface area (Å²) in [6, 6.07) is 4.76. The average Bonchev–Trinajstić information content (AvgIpc) is 3.38. The fourth-order valence-electron chi connectivity index (χ4n) is 3.29. The molecule has 36 heavy (non-hydrogen) atoms. The van der Waals surface area contributed by atoms with Gasteiger partial charge in [0, 0.05) is 30.5 Å². The number of carbonyl (C=O) groups is 4. The Labute approximate surface area is 219 Å². The van der Waals surface area contributed by atoms with Crippen LogP contribution in [0.3, 0.4) is 0 Å². The number of thiol groups is 1. The van der Waals surface area contributed by atoms with E-state index in [-0.39, 0.29) is 25.0 Å². The van der Waals surface area contributed by atoms with Gasteiger partial charge in [-0.25, -0.2) is 9.78 Å². The molecular formula is C23H32N6O5S2. The molecule has 1 aromatic carbocycles. The van der Waals surface area contributed by atoms with E-state index in [4.69, 9.17) is 5.73 Å². The number of aliphatic carboxylic acids is 1. The molecule has 2 aromatic rings. The monoisotopic (exact) mass is 536 g/mol. The number of hydrogen-bond acceptors (Lipinski definition) is 8. The summed E-state index contributed by atoms with van der Waals surface area (Å²) < 4.78 is 0. The Kier molecular flexibility index (Phi) is 12.3. The van der Waals surface area contributed by atoms with Gasteiger partial charge in [-0.2, -0.15) is 24.4 Å². The van der Waals surface area contributed by atoms with Crippen LogP contribution in [-0.2, 0) is 32.0 Å². The summed E-state index contributed by atoms with van der Waals surface area (Å²) in [5, 5.41) is 17.4. The molecule has 13 heteroatoms. The Morgan fingerprint density at radius 2 is 1.67 bits per heavy atom. The lowest BCUT2D eigenvalue weighted by molar-refractivity contribution is -0.142. The van der Waals surface area contributed by atoms with Crippen molar-refractivity contribution < 1.29 is 24.3 Å². The topological polar surface area (TPSA) is 179 Å². The number of aromatic amines is 1. The molecule has 3 amide bonds. The molecule has 7 N–H and O–H groups in total. The van der Waals surface area contributed by atoms with Gasteiger partial charge in [-0.15, -0.1) is 0 Å². The van der Waals surface area contributed by atoms with E-state index in [1.807, 2.05) is 12.3 Å². The van der Waals surface area contributed by atoms with Gasteiger partial charge >= 0.3 is 5.97 Å². The molecule has 0 saturated carbocycles. The van der Waals surface area contributed by atoms with E-state index in [2.05, 4.69) is 38.5 Å². The van der Waals surface area contributed by atoms with E-state index >= 15 is 0 Å². The number of carboxylic acids is 1. The van der Waals surface area contributed by atoms with Crippen LogP contribution in [0.15, 0.2) is 42.9 Å². The van der Waals surface area contributed by atoms with Gasteiger partial charge in [0.05, 0.1) is 12.4 Å². The van der Waals surface area contributed by atoms with Crippen LogP contribution in [0.2, 0.25) is 0 Å². The van der Waals surface area contributed by atoms with Crippen LogP contribution in [0.25, 0.3) is 0 Å². The Morgan fingerprint density at radius 1 is 1.03 bits per heavy atom. The van der Waals surface area contributed by atoms with Crippen LogP contribution >= 0.6 is 24.4 Å². The van der Waals surface area contributed by atoms with Crippen molar-refractivity contribution >= 4 is 48.1 Å². The minimum Gasteiger partial charge on any atom is -0.480 e. The van der Waals surface area contributed by atoms with E-state index in [0.29, 0.717) is 11.4 Å². The third-order valence-electron chi connectivity index (χ3n) is 5.29. The highest BCUT2D eigenvalue weighted by atomic mass is 32.2. The second kappa shape index (κ2) is 15.2. The summed E-state index contributed by atoms with van der Waals surface area (Å²) in [6.07, 6.45) is 5.25. The number of hydrogen-bond donors (Lipinski definition) is 7. The average molecular weight is 537 g/mol. The maximum atomic E-state index is 13.2. The Morgan fingerprint density at radius 3 is 2.25 bits per heavy atom. The molecule has 1 heterocycles. The van der Waals surface area contributed by atoms with Gasteiger partial charge in [0.2, 0.25) is 17.7 Å². The summed E-state index contributed by atoms with van der Waals surface area (Å²) >= 11 is 5.49. The molecule has 0 bridgehead atoms. The lowest BCUT2D eigenvalue weighted by atomic mass is 10.0. The fraction of sp³-hybridized carbons (Fsp3) is 0.435. The highest BCUT2D eigenvalue weighted by Crippen LogP contribution is 2.07. The van der Waals surface area contributed by atoms with E-state index in [0.717, 1.165) is 5.56 Å². The van der Waals surface area contributed by atoms with E-state index in [1.165, 1.54) is 24.3 Å². The SMILES string of the molecule is CSCCC(NC(=O)C(Cc1cnc[nH]1)NC(=O)C(N)CS)C(=O)NC(Cc1ccccc1)C(=O)O. The van der Waals surface area contributed by atoms with Gasteiger partial charge in [-0.05, 0) is 24.0 Å². The second-order valence-electron chi connectivity index (χ2n) is 8.06. The summed E-state index contributed by atoms with van der Waals surface area (Å²) in [6.45, 7) is 0. The van der Waals surface area contributed by atoms with Crippen molar-refractivity contribution in [3.8, 4) is 0 Å². The van der Waals surface area contributed by atoms with Crippen molar-refractivity contribution in [3.63, 3.8) is 0 Å². The molecule has 0 spiro atoms. The Bertz CT molecular complexity index is 992. The molecule has 0 aliphatic heterocycles. The van der Waals surface area contributed by atoms with Crippen LogP contribution in [-0.4, -0.2) is 80.7 Å². The number of amides is 3. The third-order valence-corrected chi connectivity index (χ3v) is 6.32. The summed E-state index contributed by atoms with van der Waals surface area (Å²) in [5.41, 5.74) is 7.08. The first-order valence-electron chi connectivity index (χ1n) is 11.3. The standard InChI is InChI=1S/C23H32N6O5S2/c1-36-8-7-17(21(31)29-19(23(33)34)9-14-5-3-2-4-6-14)27-22(32)18(10-15-11-25-13-26-15)28-20(30)16(24)12-35/h2-6,11,13,16-19,35H,7-10,12,24H2,1H3,(H,25,26)(H,27,32)(H,28,30)(H,29,31)(H,33,34). The van der Waals surface area contributed by atoms with E-state index < -0.39 is 47.9 Å². The zero-order valence-electron chi connectivity index (χ0n) is 19.8. The molecule has 196 valence electrons. The first-order valence-corrected chi connectivity index (χ1v) is 13.3. The first-order chi connectivity index (χ1) is 17.2. The van der Waals surface area contributed by atoms with E-state index in [9.17, 15) is 24.3 Å². The quantitative estimate of drug-likeness (QED) is 0.152. The van der Waals surface area contributed by atoms with Crippen molar-refractivity contribution in [2.24, 2.45) is 5.73 Å². The summed E-state index contributed by atoms with van der Waals surface area (Å²) in [4.78, 5) is 57.2. The van der Waals surface area contributed by atoms with Crippen molar-refractivity contribution in [2.45, 2.75) is 43.4 Å². The molecule has 0 saturated heterocycles. The number of nitrogens with one attached hydrogen (secondary N) is 4. The lowest BCUT2D eigenvalue weighted by Crippen LogP contribution is -2.58. The number of H-pyrrole nitrogens is 1. The maximum Gasteiger partial charge on any atom is 0.326 e. The van der Waals surface area contributed by atoms with Crippen LogP contribution in [0.4, 0.5) is 0 Å². The molecule has 4 unspecified atom stereocenters. The smallest absolute Gasteiger partial charge is 0.326 e. The van der Waals surface area contributed by atoms with Gasteiger partial charge in [0.1, 0.15) is 18.1 Å². The van der Waals surface area contributed by atoms with Crippen molar-refractivity contribution in [1.82, 2.24) is 25.9 Å². The number of nitrogens with zero attached hydrogens (tertiary/aromatic N) is 1. The minimum absolute atomic E-state index is 0.0828. The molecule has 0 aliphatic carbocycles. The lowest BCUT2D eigenvalue weighted by Gasteiger charge is -2.25. The Balaban J connectivity index is 2.15. The molecule has 0 fully saturated rings. The first kappa shape index (κ1) is 29.2. The molecular weight excluding hydrogens is 504 g/mol. The molecule has 1 aromatic heterocycles. The molecule has 0 radical (unpaired) electrons. The van der Waals surface area contributed by atoms with Crippen LogP contribution < -0.4 is 21.7 Å². The van der Waals surface area contributed by atoms with Crippen molar-refractivity contribution in [3.05, 3.63) is 54.1 Å². The normalized spacial score (nSPS) is 14.2. The predicted octanol–water partition coefficient (Wildman–Crippen LogP) is -0.256. The number of imidazole rings is 1. The molecule has 11 nitrogen and oxygen atoms in total. The number of aromatic nitrogens is 2. The van der Waals surface area contributed by atoms with Gasteiger partial charge in [-0.3, -0.25) is 14.4 Å². The highest BCUT2D eigenvalue weighted by Gasteiger charge is 2.30. The summed E-state index contributed by atoms with van der Waals surface area (Å²) in [7, 11) is 0. The van der Waals surface area contributed by atoms with Gasteiger partial charge < -0.3 is 31.8 Å². The van der Waals surface area contributed by atoms with E-state index in [1.54, 1.807) is 24.3 Å². The highest BCUT2D eigenvalue weighted by molar-refractivity contribution is 7.98. The Hall–Kier alpha value is -3.03. The number of carboxylic acid groups (broad SMARTS) is 1. The largest absolute Gasteiger partial charge is 0.480 e. The van der Waals surface area contributed by atoms with Crippen LogP contribution in [0.5, 0.6) is 0 Å². The predicted molar refractivity (Wildman–Crippen MR) is 141 cm³/mol. The van der Waals surface area contributed by atoms with Crippen molar-refractivity contribution in [1.29, 1.82) is 0 Å². The minimum atomic E-state index is -1.19. The van der Waals surface area contributed by atoms with Crippen LogP contribution in [0, 0.1) is 0 Å². The molecule has 0 aliphatic rings. The number of benzene rings is 1. The zero-order valence-corrected chi connectivity index (χ0v) is 21.6. The van der Waals surface area contributed by atoms with Crippen molar-refractivity contribution in [2.75, 3.05) is 17.8 Å². The molecule has 2 rings (SSSR count).